The van der Waals surface area contributed by atoms with Crippen molar-refractivity contribution < 1.29 is 36.4 Å². The first kappa shape index (κ1) is 40.7. The molecule has 51 heavy (non-hydrogen) atoms. The van der Waals surface area contributed by atoms with Crippen LogP contribution >= 0.6 is 38.6 Å². The first-order valence-electron chi connectivity index (χ1n) is 13.8. The van der Waals surface area contributed by atoms with Crippen molar-refractivity contribution in [3.8, 4) is 11.3 Å². The lowest BCUT2D eigenvalue weighted by Gasteiger charge is -2.08. The summed E-state index contributed by atoms with van der Waals surface area (Å²) < 4.78 is 76.2. The highest BCUT2D eigenvalue weighted by Gasteiger charge is 2.31. The smallest absolute Gasteiger partial charge is 0.423 e. The van der Waals surface area contributed by atoms with Gasteiger partial charge in [-0.15, -0.1) is 22.7 Å². The van der Waals surface area contributed by atoms with Crippen molar-refractivity contribution in [1.82, 2.24) is 19.9 Å². The summed E-state index contributed by atoms with van der Waals surface area (Å²) in [4.78, 5) is 16.0. The summed E-state index contributed by atoms with van der Waals surface area (Å²) in [5.41, 5.74) is 12.9. The number of nitrogens with two attached hydrogens (primary N) is 2. The standard InChI is InChI=1S/C15H11F3N4S.C10H6BrF3N2S.C5H7BN2O2.CH4/c16-15(17,18)10-2-1-3-12(5-10)21-14-22-13(8-23-14)9-4-11(19)7-20-6-9;11-8-5-17-9(16-8)15-7-3-1-2-6(4-7)10(12,13)14;7-5-1-4(6(9)10)2-8-3-5;/h1-8H,19H2,(H,21,22);1-5H,(H,15,16);1-3,9-10H,7H2;1H4. The van der Waals surface area contributed by atoms with Gasteiger partial charge in [-0.05, 0) is 64.5 Å². The molecule has 4 heterocycles. The fraction of sp³-hybridized carbons (Fsp3) is 0.0968. The fourth-order valence-corrected chi connectivity index (χ4v) is 5.69. The number of aromatic nitrogens is 4. The lowest BCUT2D eigenvalue weighted by molar-refractivity contribution is -0.138. The highest BCUT2D eigenvalue weighted by Crippen LogP contribution is 2.34. The molecule has 0 saturated heterocycles. The minimum atomic E-state index is -4.38. The number of thiazole rings is 2. The average molecular weight is 813 g/mol. The van der Waals surface area contributed by atoms with E-state index in [9.17, 15) is 26.3 Å². The molecule has 0 radical (unpaired) electrons. The highest BCUT2D eigenvalue weighted by atomic mass is 79.9. The second-order valence-corrected chi connectivity index (χ2v) is 12.4. The van der Waals surface area contributed by atoms with E-state index in [1.807, 2.05) is 0 Å². The molecule has 2 aromatic carbocycles. The molecule has 268 valence electrons. The van der Waals surface area contributed by atoms with Crippen LogP contribution in [-0.2, 0) is 12.4 Å². The summed E-state index contributed by atoms with van der Waals surface area (Å²) in [6, 6.07) is 13.2. The predicted octanol–water partition coefficient (Wildman–Crippen LogP) is 8.20. The van der Waals surface area contributed by atoms with E-state index in [2.05, 4.69) is 46.5 Å². The molecule has 0 aliphatic rings. The number of hydrogen-bond donors (Lipinski definition) is 6. The molecule has 0 saturated carbocycles. The van der Waals surface area contributed by atoms with Gasteiger partial charge in [0.05, 0.1) is 22.5 Å². The van der Waals surface area contributed by atoms with Crippen molar-refractivity contribution in [1.29, 1.82) is 0 Å². The second-order valence-electron chi connectivity index (χ2n) is 9.85. The van der Waals surface area contributed by atoms with Crippen LogP contribution in [0.3, 0.4) is 0 Å². The van der Waals surface area contributed by atoms with Crippen LogP contribution in [-0.4, -0.2) is 37.1 Å². The number of halogens is 7. The molecule has 0 spiro atoms. The van der Waals surface area contributed by atoms with Crippen molar-refractivity contribution in [2.24, 2.45) is 0 Å². The Bertz CT molecular complexity index is 2010. The molecule has 0 fully saturated rings. The Hall–Kier alpha value is -4.76. The van der Waals surface area contributed by atoms with Crippen LogP contribution < -0.4 is 27.6 Å². The maximum Gasteiger partial charge on any atom is 0.490 e. The van der Waals surface area contributed by atoms with E-state index in [1.165, 1.54) is 59.5 Å². The zero-order valence-corrected chi connectivity index (χ0v) is 28.3. The van der Waals surface area contributed by atoms with Gasteiger partial charge in [-0.1, -0.05) is 19.6 Å². The maximum absolute atomic E-state index is 12.7. The van der Waals surface area contributed by atoms with Crippen LogP contribution in [0.25, 0.3) is 11.3 Å². The van der Waals surface area contributed by atoms with Gasteiger partial charge in [-0.3, -0.25) is 9.97 Å². The summed E-state index contributed by atoms with van der Waals surface area (Å²) in [5.74, 6) is 0. The van der Waals surface area contributed by atoms with Crippen molar-refractivity contribution in [2.45, 2.75) is 19.8 Å². The van der Waals surface area contributed by atoms with Crippen molar-refractivity contribution in [3.63, 3.8) is 0 Å². The SMILES string of the molecule is C.FC(F)(F)c1cccc(Nc2nc(Br)cs2)c1.Nc1cncc(-c2csc(Nc3cccc(C(F)(F)F)c3)n2)c1.Nc1cncc(B(O)O)c1. The van der Waals surface area contributed by atoms with Gasteiger partial charge in [0, 0.05) is 63.6 Å². The first-order chi connectivity index (χ1) is 23.6. The lowest BCUT2D eigenvalue weighted by Crippen LogP contribution is -2.30. The van der Waals surface area contributed by atoms with Gasteiger partial charge in [-0.25, -0.2) is 9.97 Å². The quantitative estimate of drug-likeness (QED) is 0.0713. The Balaban J connectivity index is 0.000000221. The third kappa shape index (κ3) is 12.8. The lowest BCUT2D eigenvalue weighted by atomic mass is 9.81. The molecule has 0 atom stereocenters. The number of rotatable bonds is 6. The van der Waals surface area contributed by atoms with E-state index in [-0.39, 0.29) is 7.43 Å². The number of nitrogens with zero attached hydrogens (tertiary/aromatic N) is 4. The molecule has 4 aromatic heterocycles. The van der Waals surface area contributed by atoms with Crippen molar-refractivity contribution in [3.05, 3.63) is 112 Å². The van der Waals surface area contributed by atoms with Crippen LogP contribution in [0.15, 0.2) is 101 Å². The van der Waals surface area contributed by atoms with E-state index < -0.39 is 30.6 Å². The summed E-state index contributed by atoms with van der Waals surface area (Å²) in [6.07, 6.45) is -2.77. The zero-order chi connectivity index (χ0) is 36.5. The molecule has 8 N–H and O–H groups in total. The second kappa shape index (κ2) is 18.0. The van der Waals surface area contributed by atoms with Crippen LogP contribution in [0, 0.1) is 0 Å². The predicted molar refractivity (Wildman–Crippen MR) is 194 cm³/mol. The third-order valence-corrected chi connectivity index (χ3v) is 8.22. The molecular weight excluding hydrogens is 785 g/mol. The monoisotopic (exact) mass is 812 g/mol. The van der Waals surface area contributed by atoms with Gasteiger partial charge in [0.15, 0.2) is 10.3 Å². The fourth-order valence-electron chi connectivity index (χ4n) is 3.78. The van der Waals surface area contributed by atoms with Gasteiger partial charge in [0.25, 0.3) is 0 Å². The molecule has 10 nitrogen and oxygen atoms in total. The summed E-state index contributed by atoms with van der Waals surface area (Å²) in [6.45, 7) is 0. The zero-order valence-electron chi connectivity index (χ0n) is 25.1. The van der Waals surface area contributed by atoms with Gasteiger partial charge in [0.2, 0.25) is 0 Å². The van der Waals surface area contributed by atoms with E-state index in [0.717, 1.165) is 29.8 Å². The Labute approximate surface area is 304 Å². The summed E-state index contributed by atoms with van der Waals surface area (Å²) in [7, 11) is -1.49. The number of alkyl halides is 6. The largest absolute Gasteiger partial charge is 0.490 e. The molecule has 6 aromatic rings. The van der Waals surface area contributed by atoms with Gasteiger partial charge in [-0.2, -0.15) is 26.3 Å². The third-order valence-electron chi connectivity index (χ3n) is 6.00. The van der Waals surface area contributed by atoms with E-state index >= 15 is 0 Å². The van der Waals surface area contributed by atoms with Gasteiger partial charge >= 0.3 is 19.5 Å². The molecule has 0 unspecified atom stereocenters. The van der Waals surface area contributed by atoms with Gasteiger partial charge in [0.1, 0.15) is 4.60 Å². The minimum absolute atomic E-state index is 0. The van der Waals surface area contributed by atoms with Crippen LogP contribution in [0.1, 0.15) is 18.6 Å². The highest BCUT2D eigenvalue weighted by molar-refractivity contribution is 9.10. The number of pyridine rings is 2. The van der Waals surface area contributed by atoms with E-state index in [4.69, 9.17) is 21.5 Å². The Morgan fingerprint density at radius 1 is 0.686 bits per heavy atom. The molecule has 0 bridgehead atoms. The summed E-state index contributed by atoms with van der Waals surface area (Å²) in [5, 5.41) is 27.5. The Morgan fingerprint density at radius 3 is 1.65 bits per heavy atom. The molecule has 6 rings (SSSR count). The number of nitrogen functional groups attached to an aromatic ring is 2. The minimum Gasteiger partial charge on any atom is -0.423 e. The molecule has 0 aliphatic heterocycles. The number of nitrogens with one attached hydrogen (secondary N) is 2. The first-order valence-corrected chi connectivity index (χ1v) is 16.3. The van der Waals surface area contributed by atoms with Gasteiger partial charge < -0.3 is 32.1 Å². The van der Waals surface area contributed by atoms with Crippen LogP contribution in [0.5, 0.6) is 0 Å². The number of hydrogen-bond acceptors (Lipinski definition) is 12. The molecule has 0 amide bonds. The molecular formula is C31H28BBrF6N8O2S2. The number of benzene rings is 2. The Morgan fingerprint density at radius 2 is 1.20 bits per heavy atom. The molecule has 0 aliphatic carbocycles. The average Bonchev–Trinajstić information content (AvgIpc) is 3.69. The Kier molecular flexibility index (Phi) is 14.3. The summed E-state index contributed by atoms with van der Waals surface area (Å²) >= 11 is 5.76. The molecule has 20 heteroatoms. The van der Waals surface area contributed by atoms with E-state index in [1.54, 1.807) is 35.2 Å². The van der Waals surface area contributed by atoms with Crippen molar-refractivity contribution in [2.75, 3.05) is 22.1 Å². The van der Waals surface area contributed by atoms with Crippen LogP contribution in [0.4, 0.5) is 59.4 Å². The van der Waals surface area contributed by atoms with Crippen LogP contribution in [0.2, 0.25) is 0 Å². The van der Waals surface area contributed by atoms with E-state index in [0.29, 0.717) is 48.8 Å². The number of anilines is 6. The normalized spacial score (nSPS) is 10.8. The maximum atomic E-state index is 12.7. The van der Waals surface area contributed by atoms with Crippen molar-refractivity contribution >= 4 is 84.2 Å². The topological polar surface area (TPSA) is 168 Å².